The smallest absolute Gasteiger partial charge is 0.306 e. The van der Waals surface area contributed by atoms with Crippen LogP contribution in [-0.4, -0.2) is 24.1 Å². The number of ether oxygens (including phenoxy) is 2. The van der Waals surface area contributed by atoms with E-state index in [1.165, 1.54) is 32.1 Å². The van der Waals surface area contributed by atoms with E-state index in [2.05, 4.69) is 13.8 Å². The van der Waals surface area contributed by atoms with E-state index in [0.29, 0.717) is 12.8 Å². The van der Waals surface area contributed by atoms with Gasteiger partial charge in [0.25, 0.3) is 0 Å². The molecule has 0 bridgehead atoms. The van der Waals surface area contributed by atoms with Crippen LogP contribution in [0.3, 0.4) is 0 Å². The number of unbranched alkanes of at least 4 members (excludes halogenated alkanes) is 3. The van der Waals surface area contributed by atoms with Crippen molar-refractivity contribution in [2.45, 2.75) is 103 Å². The predicted octanol–water partition coefficient (Wildman–Crippen LogP) is 4.54. The molecule has 2 aliphatic heterocycles. The van der Waals surface area contributed by atoms with E-state index in [4.69, 9.17) is 9.47 Å². The van der Waals surface area contributed by atoms with E-state index in [9.17, 15) is 9.59 Å². The maximum atomic E-state index is 10.8. The fourth-order valence-electron chi connectivity index (χ4n) is 2.82. The first-order chi connectivity index (χ1) is 10.7. The molecule has 2 heterocycles. The van der Waals surface area contributed by atoms with E-state index in [0.717, 1.165) is 32.1 Å². The number of esters is 2. The molecule has 0 spiro atoms. The lowest BCUT2D eigenvalue weighted by molar-refractivity contribution is -0.154. The molecule has 0 aromatic carbocycles. The Labute approximate surface area is 134 Å². The zero-order valence-electron chi connectivity index (χ0n) is 14.3. The van der Waals surface area contributed by atoms with Gasteiger partial charge >= 0.3 is 11.9 Å². The van der Waals surface area contributed by atoms with Gasteiger partial charge in [-0.2, -0.15) is 0 Å². The molecule has 22 heavy (non-hydrogen) atoms. The molecule has 0 aliphatic carbocycles. The first-order valence-corrected chi connectivity index (χ1v) is 9.04. The molecule has 0 amide bonds. The normalized spacial score (nSPS) is 24.3. The Morgan fingerprint density at radius 2 is 1.41 bits per heavy atom. The second-order valence-electron chi connectivity index (χ2n) is 6.29. The molecule has 0 N–H and O–H groups in total. The van der Waals surface area contributed by atoms with Crippen molar-refractivity contribution in [1.29, 1.82) is 0 Å². The van der Waals surface area contributed by atoms with Gasteiger partial charge in [0.2, 0.25) is 0 Å². The molecule has 2 atom stereocenters. The molecule has 2 aliphatic rings. The third-order valence-electron chi connectivity index (χ3n) is 4.18. The second kappa shape index (κ2) is 11.5. The van der Waals surface area contributed by atoms with Crippen molar-refractivity contribution >= 4 is 11.9 Å². The molecule has 128 valence electrons. The van der Waals surface area contributed by atoms with Gasteiger partial charge in [-0.3, -0.25) is 9.59 Å². The molecule has 4 nitrogen and oxygen atoms in total. The SMILES string of the molecule is CCCCC1CCCC(=O)O1.CCCCCC1CCC(=O)O1. The lowest BCUT2D eigenvalue weighted by atomic mass is 10.0. The Morgan fingerprint density at radius 3 is 2.00 bits per heavy atom. The highest BCUT2D eigenvalue weighted by atomic mass is 16.6. The average molecular weight is 312 g/mol. The third-order valence-corrected chi connectivity index (χ3v) is 4.18. The first-order valence-electron chi connectivity index (χ1n) is 9.04. The van der Waals surface area contributed by atoms with Crippen LogP contribution in [0.25, 0.3) is 0 Å². The largest absolute Gasteiger partial charge is 0.462 e. The van der Waals surface area contributed by atoms with Crippen LogP contribution in [0, 0.1) is 0 Å². The summed E-state index contributed by atoms with van der Waals surface area (Å²) in [6.07, 6.45) is 13.0. The second-order valence-corrected chi connectivity index (χ2v) is 6.29. The Hall–Kier alpha value is -1.06. The Balaban J connectivity index is 0.000000220. The minimum absolute atomic E-state index is 0.00245. The maximum Gasteiger partial charge on any atom is 0.306 e. The van der Waals surface area contributed by atoms with Crippen LogP contribution in [0.1, 0.15) is 90.9 Å². The summed E-state index contributed by atoms with van der Waals surface area (Å²) in [5.74, 6) is -0.0103. The summed E-state index contributed by atoms with van der Waals surface area (Å²) in [6, 6.07) is 0. The zero-order valence-corrected chi connectivity index (χ0v) is 14.3. The van der Waals surface area contributed by atoms with Crippen molar-refractivity contribution < 1.29 is 19.1 Å². The Morgan fingerprint density at radius 1 is 0.818 bits per heavy atom. The van der Waals surface area contributed by atoms with Gasteiger partial charge in [-0.25, -0.2) is 0 Å². The maximum absolute atomic E-state index is 10.8. The first kappa shape index (κ1) is 19.0. The van der Waals surface area contributed by atoms with Crippen LogP contribution in [0.5, 0.6) is 0 Å². The highest BCUT2D eigenvalue weighted by Gasteiger charge is 2.22. The van der Waals surface area contributed by atoms with Crippen LogP contribution >= 0.6 is 0 Å². The van der Waals surface area contributed by atoms with Gasteiger partial charge in [-0.1, -0.05) is 39.5 Å². The topological polar surface area (TPSA) is 52.6 Å². The minimum atomic E-state index is -0.00787. The highest BCUT2D eigenvalue weighted by molar-refractivity contribution is 5.71. The van der Waals surface area contributed by atoms with Crippen molar-refractivity contribution in [1.82, 2.24) is 0 Å². The minimum Gasteiger partial charge on any atom is -0.462 e. The summed E-state index contributed by atoms with van der Waals surface area (Å²) in [5.41, 5.74) is 0. The van der Waals surface area contributed by atoms with E-state index in [1.807, 2.05) is 0 Å². The lowest BCUT2D eigenvalue weighted by Crippen LogP contribution is -2.23. The van der Waals surface area contributed by atoms with Crippen molar-refractivity contribution in [3.05, 3.63) is 0 Å². The summed E-state index contributed by atoms with van der Waals surface area (Å²) in [4.78, 5) is 21.5. The van der Waals surface area contributed by atoms with E-state index < -0.39 is 0 Å². The summed E-state index contributed by atoms with van der Waals surface area (Å²) in [6.45, 7) is 4.34. The van der Waals surface area contributed by atoms with Crippen molar-refractivity contribution in [2.24, 2.45) is 0 Å². The van der Waals surface area contributed by atoms with Crippen molar-refractivity contribution in [3.8, 4) is 0 Å². The summed E-state index contributed by atoms with van der Waals surface area (Å²) >= 11 is 0. The quantitative estimate of drug-likeness (QED) is 0.511. The lowest BCUT2D eigenvalue weighted by Gasteiger charge is -2.21. The molecule has 2 rings (SSSR count). The average Bonchev–Trinajstić information content (AvgIpc) is 2.92. The Bertz CT molecular complexity index is 327. The fraction of sp³-hybridized carbons (Fsp3) is 0.889. The molecule has 0 saturated carbocycles. The number of rotatable bonds is 7. The summed E-state index contributed by atoms with van der Waals surface area (Å²) in [7, 11) is 0. The Kier molecular flexibility index (Phi) is 9.93. The highest BCUT2D eigenvalue weighted by Crippen LogP contribution is 2.19. The van der Waals surface area contributed by atoms with Crippen LogP contribution in [0.15, 0.2) is 0 Å². The van der Waals surface area contributed by atoms with Gasteiger partial charge in [-0.15, -0.1) is 0 Å². The standard InChI is InChI=1S/2C9H16O2/c1-2-3-5-8-6-4-7-9(10)11-8;1-2-3-4-5-8-6-7-9(10)11-8/h2*8H,2-7H2,1H3. The number of hydrogen-bond acceptors (Lipinski definition) is 4. The van der Waals surface area contributed by atoms with E-state index in [1.54, 1.807) is 0 Å². The summed E-state index contributed by atoms with van der Waals surface area (Å²) < 4.78 is 10.2. The molecule has 0 aromatic heterocycles. The predicted molar refractivity (Wildman–Crippen MR) is 86.5 cm³/mol. The van der Waals surface area contributed by atoms with Gasteiger partial charge in [0.15, 0.2) is 0 Å². The van der Waals surface area contributed by atoms with Gasteiger partial charge in [0.05, 0.1) is 0 Å². The molecule has 0 radical (unpaired) electrons. The van der Waals surface area contributed by atoms with Crippen LogP contribution in [-0.2, 0) is 19.1 Å². The summed E-state index contributed by atoms with van der Waals surface area (Å²) in [5, 5.41) is 0. The van der Waals surface area contributed by atoms with Crippen LogP contribution in [0.2, 0.25) is 0 Å². The number of carbonyl (C=O) groups is 2. The van der Waals surface area contributed by atoms with Crippen LogP contribution < -0.4 is 0 Å². The molecule has 4 heteroatoms. The molecule has 2 saturated heterocycles. The number of cyclic esters (lactones) is 2. The fourth-order valence-corrected chi connectivity index (χ4v) is 2.82. The zero-order chi connectivity index (χ0) is 16.2. The van der Waals surface area contributed by atoms with Gasteiger partial charge < -0.3 is 9.47 Å². The van der Waals surface area contributed by atoms with Gasteiger partial charge in [0.1, 0.15) is 12.2 Å². The molecular formula is C18H32O4. The monoisotopic (exact) mass is 312 g/mol. The number of hydrogen-bond donors (Lipinski definition) is 0. The number of carbonyl (C=O) groups excluding carboxylic acids is 2. The van der Waals surface area contributed by atoms with E-state index >= 15 is 0 Å². The van der Waals surface area contributed by atoms with Crippen molar-refractivity contribution in [3.63, 3.8) is 0 Å². The molecule has 2 unspecified atom stereocenters. The van der Waals surface area contributed by atoms with Crippen LogP contribution in [0.4, 0.5) is 0 Å². The molecule has 2 fully saturated rings. The van der Waals surface area contributed by atoms with E-state index in [-0.39, 0.29) is 24.1 Å². The molecule has 0 aromatic rings. The van der Waals surface area contributed by atoms with Gasteiger partial charge in [-0.05, 0) is 38.5 Å². The van der Waals surface area contributed by atoms with Crippen molar-refractivity contribution in [2.75, 3.05) is 0 Å². The third kappa shape index (κ3) is 8.40. The molecular weight excluding hydrogens is 280 g/mol. The van der Waals surface area contributed by atoms with Gasteiger partial charge in [0, 0.05) is 12.8 Å².